The van der Waals surface area contributed by atoms with Crippen LogP contribution in [0.4, 0.5) is 0 Å². The van der Waals surface area contributed by atoms with E-state index in [1.165, 1.54) is 5.57 Å². The smallest absolute Gasteiger partial charge is 0.182 e. The quantitative estimate of drug-likeness (QED) is 0.407. The lowest BCUT2D eigenvalue weighted by molar-refractivity contribution is -0.111. The Morgan fingerprint density at radius 1 is 1.54 bits per heavy atom. The Balaban J connectivity index is 2.53. The third kappa shape index (κ3) is 0.963. The molecule has 0 amide bonds. The van der Waals surface area contributed by atoms with Crippen LogP contribution in [0.25, 0.3) is 0 Å². The van der Waals surface area contributed by atoms with Crippen molar-refractivity contribution in [2.75, 3.05) is 0 Å². The highest BCUT2D eigenvalue weighted by Gasteiger charge is 2.42. The molecule has 1 heteroatoms. The summed E-state index contributed by atoms with van der Waals surface area (Å²) in [6, 6.07) is 0. The molecule has 1 unspecified atom stereocenters. The van der Waals surface area contributed by atoms with Gasteiger partial charge in [0.25, 0.3) is 0 Å². The highest BCUT2D eigenvalue weighted by atomic mass is 16.1. The normalized spacial score (nSPS) is 35.1. The molecule has 1 nitrogen and oxygen atoms in total. The van der Waals surface area contributed by atoms with E-state index < -0.39 is 0 Å². The van der Waals surface area contributed by atoms with E-state index >= 15 is 0 Å². The predicted molar refractivity (Wildman–Crippen MR) is 53.3 cm³/mol. The lowest BCUT2D eigenvalue weighted by Gasteiger charge is -2.24. The Kier molecular flexibility index (Phi) is 1.76. The van der Waals surface area contributed by atoms with E-state index in [1.54, 1.807) is 6.08 Å². The van der Waals surface area contributed by atoms with Gasteiger partial charge in [-0.25, -0.2) is 0 Å². The van der Waals surface area contributed by atoms with E-state index in [2.05, 4.69) is 19.1 Å². The van der Waals surface area contributed by atoms with Crippen molar-refractivity contribution < 1.29 is 4.79 Å². The minimum absolute atomic E-state index is 0.0220. The van der Waals surface area contributed by atoms with Crippen molar-refractivity contribution in [2.24, 2.45) is 5.41 Å². The van der Waals surface area contributed by atoms with Crippen molar-refractivity contribution in [1.82, 2.24) is 0 Å². The lowest BCUT2D eigenvalue weighted by Crippen LogP contribution is -2.17. The molecule has 1 atom stereocenters. The molecule has 0 bridgehead atoms. The fourth-order valence-corrected chi connectivity index (χ4v) is 2.47. The van der Waals surface area contributed by atoms with Crippen LogP contribution >= 0.6 is 0 Å². The van der Waals surface area contributed by atoms with Gasteiger partial charge in [-0.2, -0.15) is 0 Å². The van der Waals surface area contributed by atoms with Crippen LogP contribution < -0.4 is 0 Å². The number of rotatable bonds is 0. The number of hydrogen-bond acceptors (Lipinski definition) is 1. The van der Waals surface area contributed by atoms with Crippen LogP contribution in [0, 0.1) is 5.41 Å². The first-order chi connectivity index (χ1) is 6.20. The molecule has 2 aliphatic carbocycles. The van der Waals surface area contributed by atoms with Crippen molar-refractivity contribution in [3.8, 4) is 0 Å². The van der Waals surface area contributed by atoms with Crippen LogP contribution in [0.1, 0.15) is 26.7 Å². The van der Waals surface area contributed by atoms with Crippen molar-refractivity contribution in [2.45, 2.75) is 26.7 Å². The van der Waals surface area contributed by atoms with E-state index in [1.807, 2.05) is 13.0 Å². The molecular weight excluding hydrogens is 160 g/mol. The molecule has 1 spiro atoms. The van der Waals surface area contributed by atoms with E-state index in [-0.39, 0.29) is 11.2 Å². The predicted octanol–water partition coefficient (Wildman–Crippen LogP) is 2.80. The van der Waals surface area contributed by atoms with E-state index in [0.29, 0.717) is 0 Å². The van der Waals surface area contributed by atoms with E-state index in [4.69, 9.17) is 0 Å². The molecule has 0 saturated heterocycles. The molecule has 0 aromatic heterocycles. The maximum Gasteiger partial charge on any atom is 0.182 e. The number of ketones is 1. The summed E-state index contributed by atoms with van der Waals surface area (Å²) in [5, 5.41) is 0. The Labute approximate surface area is 78.8 Å². The number of hydrogen-bond donors (Lipinski definition) is 0. The lowest BCUT2D eigenvalue weighted by atomic mass is 9.77. The molecular formula is C12H14O. The molecule has 0 N–H and O–H groups in total. The molecule has 68 valence electrons. The highest BCUT2D eigenvalue weighted by molar-refractivity contribution is 6.09. The molecule has 0 radical (unpaired) electrons. The molecule has 2 aliphatic rings. The van der Waals surface area contributed by atoms with Crippen LogP contribution in [0.2, 0.25) is 0 Å². The molecule has 0 aromatic carbocycles. The average molecular weight is 174 g/mol. The number of carbonyl (C=O) groups excluding carboxylic acids is 1. The van der Waals surface area contributed by atoms with Gasteiger partial charge < -0.3 is 0 Å². The fourth-order valence-electron chi connectivity index (χ4n) is 2.47. The fraction of sp³-hybridized carbons (Fsp3) is 0.417. The third-order valence-corrected chi connectivity index (χ3v) is 3.19. The third-order valence-electron chi connectivity index (χ3n) is 3.19. The van der Waals surface area contributed by atoms with E-state index in [9.17, 15) is 4.79 Å². The van der Waals surface area contributed by atoms with Crippen molar-refractivity contribution in [1.29, 1.82) is 0 Å². The summed E-state index contributed by atoms with van der Waals surface area (Å²) in [5.41, 5.74) is 2.16. The Morgan fingerprint density at radius 2 is 2.31 bits per heavy atom. The first kappa shape index (κ1) is 8.49. The zero-order valence-corrected chi connectivity index (χ0v) is 8.13. The maximum absolute atomic E-state index is 11.6. The van der Waals surface area contributed by atoms with Gasteiger partial charge in [0, 0.05) is 11.0 Å². The average Bonchev–Trinajstić information content (AvgIpc) is 2.62. The van der Waals surface area contributed by atoms with Crippen LogP contribution in [-0.2, 0) is 4.79 Å². The SMILES string of the molecule is C/C=C1\C(=O)C=C(C)C12C=CCC2. The molecule has 2 rings (SSSR count). The topological polar surface area (TPSA) is 17.1 Å². The van der Waals surface area contributed by atoms with Gasteiger partial charge in [-0.05, 0) is 32.8 Å². The Bertz CT molecular complexity index is 344. The van der Waals surface area contributed by atoms with Gasteiger partial charge >= 0.3 is 0 Å². The van der Waals surface area contributed by atoms with Gasteiger partial charge in [0.15, 0.2) is 5.78 Å². The zero-order chi connectivity index (χ0) is 9.47. The summed E-state index contributed by atoms with van der Waals surface area (Å²) in [5.74, 6) is 0.201. The van der Waals surface area contributed by atoms with Crippen LogP contribution in [0.15, 0.2) is 35.5 Å². The van der Waals surface area contributed by atoms with Gasteiger partial charge in [-0.3, -0.25) is 4.79 Å². The second-order valence-corrected chi connectivity index (χ2v) is 3.81. The first-order valence-corrected chi connectivity index (χ1v) is 4.78. The molecule has 0 aliphatic heterocycles. The number of allylic oxidation sites excluding steroid dienone is 6. The van der Waals surface area contributed by atoms with Gasteiger partial charge in [-0.15, -0.1) is 0 Å². The standard InChI is InChI=1S/C12H14O/c1-3-10-11(13)8-9(2)12(10)6-4-5-7-12/h3-4,6,8H,5,7H2,1-2H3/b10-3+. The summed E-state index contributed by atoms with van der Waals surface area (Å²) < 4.78 is 0. The minimum atomic E-state index is -0.0220. The minimum Gasteiger partial charge on any atom is -0.290 e. The molecule has 0 aromatic rings. The summed E-state index contributed by atoms with van der Waals surface area (Å²) in [6.07, 6.45) is 10.3. The molecule has 0 fully saturated rings. The Hall–Kier alpha value is -1.11. The van der Waals surface area contributed by atoms with E-state index in [0.717, 1.165) is 18.4 Å². The summed E-state index contributed by atoms with van der Waals surface area (Å²) in [7, 11) is 0. The van der Waals surface area contributed by atoms with Gasteiger partial charge in [-0.1, -0.05) is 23.8 Å². The second kappa shape index (κ2) is 2.69. The van der Waals surface area contributed by atoms with Crippen LogP contribution in [0.5, 0.6) is 0 Å². The Morgan fingerprint density at radius 3 is 2.85 bits per heavy atom. The molecule has 13 heavy (non-hydrogen) atoms. The van der Waals surface area contributed by atoms with Gasteiger partial charge in [0.1, 0.15) is 0 Å². The summed E-state index contributed by atoms with van der Waals surface area (Å²) >= 11 is 0. The largest absolute Gasteiger partial charge is 0.290 e. The monoisotopic (exact) mass is 174 g/mol. The van der Waals surface area contributed by atoms with Gasteiger partial charge in [0.2, 0.25) is 0 Å². The summed E-state index contributed by atoms with van der Waals surface area (Å²) in [4.78, 5) is 11.6. The number of carbonyl (C=O) groups is 1. The zero-order valence-electron chi connectivity index (χ0n) is 8.13. The van der Waals surface area contributed by atoms with Crippen molar-refractivity contribution >= 4 is 5.78 Å². The van der Waals surface area contributed by atoms with Crippen LogP contribution in [0.3, 0.4) is 0 Å². The van der Waals surface area contributed by atoms with Gasteiger partial charge in [0.05, 0.1) is 0 Å². The van der Waals surface area contributed by atoms with Crippen LogP contribution in [-0.4, -0.2) is 5.78 Å². The maximum atomic E-state index is 11.6. The molecule has 0 saturated carbocycles. The highest BCUT2D eigenvalue weighted by Crippen LogP contribution is 2.49. The molecule has 0 heterocycles. The van der Waals surface area contributed by atoms with Crippen molar-refractivity contribution in [3.63, 3.8) is 0 Å². The first-order valence-electron chi connectivity index (χ1n) is 4.78. The van der Waals surface area contributed by atoms with Crippen molar-refractivity contribution in [3.05, 3.63) is 35.5 Å². The second-order valence-electron chi connectivity index (χ2n) is 3.81. The summed E-state index contributed by atoms with van der Waals surface area (Å²) in [6.45, 7) is 4.01.